The van der Waals surface area contributed by atoms with Gasteiger partial charge in [-0.3, -0.25) is 0 Å². The molecule has 0 aromatic heterocycles. The molecule has 0 aliphatic carbocycles. The second kappa shape index (κ2) is 4.96. The van der Waals surface area contributed by atoms with Crippen LogP contribution in [0.5, 0.6) is 0 Å². The van der Waals surface area contributed by atoms with E-state index in [9.17, 15) is 9.50 Å². The summed E-state index contributed by atoms with van der Waals surface area (Å²) in [5.41, 5.74) is 1.73. The quantitative estimate of drug-likeness (QED) is 0.776. The Hall–Kier alpha value is -1.09. The lowest BCUT2D eigenvalue weighted by Crippen LogP contribution is -2.18. The maximum absolute atomic E-state index is 12.7. The van der Waals surface area contributed by atoms with Crippen LogP contribution in [0, 0.1) is 12.7 Å². The van der Waals surface area contributed by atoms with Crippen LogP contribution in [0.15, 0.2) is 18.2 Å². The third kappa shape index (κ3) is 3.00. The molecule has 0 fully saturated rings. The fraction of sp³-hybridized carbons (Fsp3) is 0.455. The van der Waals surface area contributed by atoms with Crippen LogP contribution in [0.1, 0.15) is 18.9 Å². The Labute approximate surface area is 83.8 Å². The second-order valence-electron chi connectivity index (χ2n) is 3.40. The zero-order chi connectivity index (χ0) is 10.6. The maximum atomic E-state index is 12.7. The molecule has 0 bridgehead atoms. The molecule has 1 atom stereocenters. The Balaban J connectivity index is 2.59. The van der Waals surface area contributed by atoms with Gasteiger partial charge in [0.25, 0.3) is 0 Å². The average molecular weight is 197 g/mol. The molecule has 2 N–H and O–H groups in total. The predicted molar refractivity (Wildman–Crippen MR) is 55.9 cm³/mol. The van der Waals surface area contributed by atoms with Crippen molar-refractivity contribution in [3.63, 3.8) is 0 Å². The Morgan fingerprint density at radius 1 is 1.50 bits per heavy atom. The average Bonchev–Trinajstić information content (AvgIpc) is 2.16. The number of hydrogen-bond donors (Lipinski definition) is 2. The number of aliphatic hydroxyl groups excluding tert-OH is 1. The number of anilines is 1. The van der Waals surface area contributed by atoms with E-state index >= 15 is 0 Å². The largest absolute Gasteiger partial charge is 0.391 e. The molecule has 1 rings (SSSR count). The van der Waals surface area contributed by atoms with Gasteiger partial charge in [-0.05, 0) is 37.1 Å². The maximum Gasteiger partial charge on any atom is 0.123 e. The van der Waals surface area contributed by atoms with E-state index in [4.69, 9.17) is 0 Å². The van der Waals surface area contributed by atoms with Crippen LogP contribution in [-0.2, 0) is 0 Å². The minimum atomic E-state index is -0.348. The Morgan fingerprint density at radius 2 is 2.21 bits per heavy atom. The third-order valence-corrected chi connectivity index (χ3v) is 2.19. The summed E-state index contributed by atoms with van der Waals surface area (Å²) in [6.45, 7) is 4.26. The number of halogens is 1. The van der Waals surface area contributed by atoms with Crippen molar-refractivity contribution in [2.75, 3.05) is 11.9 Å². The number of aryl methyl sites for hydroxylation is 1. The first kappa shape index (κ1) is 11.0. The molecule has 1 aromatic carbocycles. The van der Waals surface area contributed by atoms with Crippen LogP contribution >= 0.6 is 0 Å². The smallest absolute Gasteiger partial charge is 0.123 e. The summed E-state index contributed by atoms with van der Waals surface area (Å²) in [7, 11) is 0. The van der Waals surface area contributed by atoms with Crippen LogP contribution in [0.25, 0.3) is 0 Å². The SMILES string of the molecule is CC[C@H](O)CNc1ccc(F)cc1C. The van der Waals surface area contributed by atoms with E-state index in [0.29, 0.717) is 13.0 Å². The van der Waals surface area contributed by atoms with Gasteiger partial charge in [0.15, 0.2) is 0 Å². The van der Waals surface area contributed by atoms with Crippen molar-refractivity contribution in [1.82, 2.24) is 0 Å². The van der Waals surface area contributed by atoms with Crippen LogP contribution in [-0.4, -0.2) is 17.8 Å². The first-order chi connectivity index (χ1) is 6.63. The molecule has 78 valence electrons. The Kier molecular flexibility index (Phi) is 3.89. The number of benzene rings is 1. The van der Waals surface area contributed by atoms with Gasteiger partial charge in [-0.2, -0.15) is 0 Å². The minimum absolute atomic E-state index is 0.232. The number of hydrogen-bond acceptors (Lipinski definition) is 2. The fourth-order valence-electron chi connectivity index (χ4n) is 1.20. The van der Waals surface area contributed by atoms with Gasteiger partial charge in [0.05, 0.1) is 6.10 Å². The topological polar surface area (TPSA) is 32.3 Å². The zero-order valence-electron chi connectivity index (χ0n) is 8.55. The van der Waals surface area contributed by atoms with Gasteiger partial charge in [0, 0.05) is 12.2 Å². The van der Waals surface area contributed by atoms with Gasteiger partial charge in [-0.1, -0.05) is 6.92 Å². The molecule has 0 saturated heterocycles. The van der Waals surface area contributed by atoms with Crippen LogP contribution in [0.2, 0.25) is 0 Å². The van der Waals surface area contributed by atoms with Crippen molar-refractivity contribution < 1.29 is 9.50 Å². The van der Waals surface area contributed by atoms with Gasteiger partial charge in [-0.25, -0.2) is 4.39 Å². The number of nitrogens with one attached hydrogen (secondary N) is 1. The van der Waals surface area contributed by atoms with Gasteiger partial charge in [0.1, 0.15) is 5.82 Å². The van der Waals surface area contributed by atoms with Crippen molar-refractivity contribution in [2.45, 2.75) is 26.4 Å². The molecule has 14 heavy (non-hydrogen) atoms. The molecule has 3 heteroatoms. The summed E-state index contributed by atoms with van der Waals surface area (Å²) >= 11 is 0. The van der Waals surface area contributed by atoms with E-state index in [1.165, 1.54) is 12.1 Å². The highest BCUT2D eigenvalue weighted by Gasteiger charge is 2.02. The van der Waals surface area contributed by atoms with Crippen molar-refractivity contribution >= 4 is 5.69 Å². The molecular formula is C11H16FNO. The second-order valence-corrected chi connectivity index (χ2v) is 3.40. The molecule has 0 unspecified atom stereocenters. The summed E-state index contributed by atoms with van der Waals surface area (Å²) in [6.07, 6.45) is 0.368. The van der Waals surface area contributed by atoms with Crippen molar-refractivity contribution in [1.29, 1.82) is 0 Å². The molecular weight excluding hydrogens is 181 g/mol. The first-order valence-corrected chi connectivity index (χ1v) is 4.81. The molecule has 0 aliphatic heterocycles. The molecule has 0 aliphatic rings. The molecule has 2 nitrogen and oxygen atoms in total. The summed E-state index contributed by atoms with van der Waals surface area (Å²) in [4.78, 5) is 0. The minimum Gasteiger partial charge on any atom is -0.391 e. The molecule has 0 radical (unpaired) electrons. The summed E-state index contributed by atoms with van der Waals surface area (Å²) < 4.78 is 12.7. The molecule has 0 saturated carbocycles. The highest BCUT2D eigenvalue weighted by Crippen LogP contribution is 2.15. The van der Waals surface area contributed by atoms with E-state index in [0.717, 1.165) is 11.3 Å². The Bertz CT molecular complexity index is 301. The highest BCUT2D eigenvalue weighted by molar-refractivity contribution is 5.50. The van der Waals surface area contributed by atoms with E-state index in [1.807, 2.05) is 13.8 Å². The third-order valence-electron chi connectivity index (χ3n) is 2.19. The number of aliphatic hydroxyl groups is 1. The van der Waals surface area contributed by atoms with Crippen molar-refractivity contribution in [3.8, 4) is 0 Å². The first-order valence-electron chi connectivity index (χ1n) is 4.81. The molecule has 0 spiro atoms. The molecule has 1 aromatic rings. The van der Waals surface area contributed by atoms with E-state index in [2.05, 4.69) is 5.32 Å². The lowest BCUT2D eigenvalue weighted by atomic mass is 10.2. The highest BCUT2D eigenvalue weighted by atomic mass is 19.1. The standard InChI is InChI=1S/C11H16FNO/c1-3-10(14)7-13-11-5-4-9(12)6-8(11)2/h4-6,10,13-14H,3,7H2,1-2H3/t10-/m0/s1. The van der Waals surface area contributed by atoms with Gasteiger partial charge >= 0.3 is 0 Å². The molecule has 0 heterocycles. The Morgan fingerprint density at radius 3 is 2.79 bits per heavy atom. The summed E-state index contributed by atoms with van der Waals surface area (Å²) in [5.74, 6) is -0.232. The van der Waals surface area contributed by atoms with E-state index in [-0.39, 0.29) is 11.9 Å². The van der Waals surface area contributed by atoms with Crippen LogP contribution < -0.4 is 5.32 Å². The predicted octanol–water partition coefficient (Wildman–Crippen LogP) is 2.32. The normalized spacial score (nSPS) is 12.6. The van der Waals surface area contributed by atoms with Gasteiger partial charge < -0.3 is 10.4 Å². The summed E-state index contributed by atoms with van der Waals surface area (Å²) in [6, 6.07) is 4.57. The monoisotopic (exact) mass is 197 g/mol. The van der Waals surface area contributed by atoms with Gasteiger partial charge in [-0.15, -0.1) is 0 Å². The van der Waals surface area contributed by atoms with E-state index < -0.39 is 0 Å². The van der Waals surface area contributed by atoms with Crippen LogP contribution in [0.4, 0.5) is 10.1 Å². The lowest BCUT2D eigenvalue weighted by molar-refractivity contribution is 0.183. The van der Waals surface area contributed by atoms with Crippen molar-refractivity contribution in [3.05, 3.63) is 29.6 Å². The fourth-order valence-corrected chi connectivity index (χ4v) is 1.20. The van der Waals surface area contributed by atoms with Crippen LogP contribution in [0.3, 0.4) is 0 Å². The number of rotatable bonds is 4. The van der Waals surface area contributed by atoms with Gasteiger partial charge in [0.2, 0.25) is 0 Å². The summed E-state index contributed by atoms with van der Waals surface area (Å²) in [5, 5.41) is 12.4. The zero-order valence-corrected chi connectivity index (χ0v) is 8.55. The lowest BCUT2D eigenvalue weighted by Gasteiger charge is -2.12. The van der Waals surface area contributed by atoms with Crippen molar-refractivity contribution in [2.24, 2.45) is 0 Å². The molecule has 0 amide bonds. The van der Waals surface area contributed by atoms with E-state index in [1.54, 1.807) is 6.07 Å².